The van der Waals surface area contributed by atoms with Crippen LogP contribution in [0.2, 0.25) is 0 Å². The quantitative estimate of drug-likeness (QED) is 0.373. The molecule has 0 saturated carbocycles. The molecule has 0 aliphatic heterocycles. The lowest BCUT2D eigenvalue weighted by Gasteiger charge is -2.10. The van der Waals surface area contributed by atoms with Crippen molar-refractivity contribution in [2.75, 3.05) is 19.4 Å². The maximum absolute atomic E-state index is 12.4. The van der Waals surface area contributed by atoms with Crippen LogP contribution in [0.3, 0.4) is 0 Å². The first-order valence-electron chi connectivity index (χ1n) is 9.11. The van der Waals surface area contributed by atoms with Crippen molar-refractivity contribution in [3.05, 3.63) is 53.9 Å². The van der Waals surface area contributed by atoms with Crippen molar-refractivity contribution < 1.29 is 37.1 Å². The highest BCUT2D eigenvalue weighted by atomic mass is 19.3. The molecule has 168 valence electrons. The molecule has 1 amide bonds. The van der Waals surface area contributed by atoms with E-state index in [0.717, 1.165) is 0 Å². The van der Waals surface area contributed by atoms with E-state index in [1.165, 1.54) is 37.4 Å². The number of nitrogen functional groups attached to an aromatic ring is 1. The number of carbonyl (C=O) groups excluding carboxylic acids is 2. The molecule has 0 radical (unpaired) electrons. The summed E-state index contributed by atoms with van der Waals surface area (Å²) < 4.78 is 44.2. The first-order valence-corrected chi connectivity index (χ1v) is 9.11. The molecule has 0 saturated heterocycles. The molecule has 10 nitrogen and oxygen atoms in total. The van der Waals surface area contributed by atoms with E-state index in [1.807, 2.05) is 0 Å². The normalized spacial score (nSPS) is 10.6. The smallest absolute Gasteiger partial charge is 0.387 e. The van der Waals surface area contributed by atoms with Crippen molar-refractivity contribution >= 4 is 17.6 Å². The second-order valence-corrected chi connectivity index (χ2v) is 6.22. The zero-order valence-corrected chi connectivity index (χ0v) is 16.7. The lowest BCUT2D eigenvalue weighted by Crippen LogP contribution is -2.30. The van der Waals surface area contributed by atoms with Crippen LogP contribution in [0.15, 0.2) is 47.0 Å². The molecule has 3 aromatic rings. The molecule has 1 aromatic heterocycles. The van der Waals surface area contributed by atoms with Crippen LogP contribution in [0, 0.1) is 0 Å². The summed E-state index contributed by atoms with van der Waals surface area (Å²) in [5.41, 5.74) is 6.81. The van der Waals surface area contributed by atoms with Crippen molar-refractivity contribution in [3.63, 3.8) is 0 Å². The van der Waals surface area contributed by atoms with Crippen molar-refractivity contribution in [2.45, 2.75) is 13.2 Å². The Labute approximate surface area is 180 Å². The van der Waals surface area contributed by atoms with Crippen LogP contribution in [0.25, 0.3) is 11.4 Å². The van der Waals surface area contributed by atoms with Gasteiger partial charge in [-0.15, -0.1) is 0 Å². The lowest BCUT2D eigenvalue weighted by atomic mass is 10.2. The fourth-order valence-corrected chi connectivity index (χ4v) is 2.51. The Morgan fingerprint density at radius 3 is 2.59 bits per heavy atom. The number of ether oxygens (including phenoxy) is 3. The predicted octanol–water partition coefficient (Wildman–Crippen LogP) is 2.40. The summed E-state index contributed by atoms with van der Waals surface area (Å²) in [7, 11) is 1.30. The highest BCUT2D eigenvalue weighted by Gasteiger charge is 2.16. The molecule has 1 heterocycles. The number of nitrogens with two attached hydrogens (primary N) is 1. The number of aromatic nitrogens is 2. The van der Waals surface area contributed by atoms with Crippen molar-refractivity contribution in [2.24, 2.45) is 0 Å². The standard InChI is InChI=1S/C20H18F2N4O6/c1-29-15-8-12(4-7-14(15)31-20(21)22)18-25-16(32-26-18)10-30-17(27)9-24-19(28)11-2-5-13(23)6-3-11/h2-8,20H,9-10,23H2,1H3,(H,24,28). The number of rotatable bonds is 9. The van der Waals surface area contributed by atoms with Gasteiger partial charge in [-0.3, -0.25) is 9.59 Å². The molecule has 0 bridgehead atoms. The molecule has 3 rings (SSSR count). The van der Waals surface area contributed by atoms with Crippen molar-refractivity contribution in [1.82, 2.24) is 15.5 Å². The number of nitrogens with zero attached hydrogens (tertiary/aromatic N) is 2. The van der Waals surface area contributed by atoms with E-state index in [0.29, 0.717) is 16.8 Å². The molecule has 0 atom stereocenters. The number of carbonyl (C=O) groups is 2. The van der Waals surface area contributed by atoms with E-state index in [-0.39, 0.29) is 36.4 Å². The summed E-state index contributed by atoms with van der Waals surface area (Å²) in [6.45, 7) is -3.70. The number of halogens is 2. The second-order valence-electron chi connectivity index (χ2n) is 6.22. The number of esters is 1. The Hall–Kier alpha value is -4.22. The van der Waals surface area contributed by atoms with Crippen LogP contribution in [-0.2, 0) is 16.1 Å². The van der Waals surface area contributed by atoms with Gasteiger partial charge in [0.15, 0.2) is 18.1 Å². The Morgan fingerprint density at radius 2 is 1.91 bits per heavy atom. The summed E-state index contributed by atoms with van der Waals surface area (Å²) in [6, 6.07) is 10.3. The highest BCUT2D eigenvalue weighted by Crippen LogP contribution is 2.32. The molecule has 32 heavy (non-hydrogen) atoms. The molecular formula is C20H18F2N4O6. The van der Waals surface area contributed by atoms with E-state index in [9.17, 15) is 18.4 Å². The zero-order chi connectivity index (χ0) is 23.1. The van der Waals surface area contributed by atoms with Gasteiger partial charge in [0.1, 0.15) is 6.54 Å². The number of anilines is 1. The highest BCUT2D eigenvalue weighted by molar-refractivity contribution is 5.96. The van der Waals surface area contributed by atoms with Gasteiger partial charge in [-0.25, -0.2) is 0 Å². The van der Waals surface area contributed by atoms with E-state index in [1.54, 1.807) is 12.1 Å². The minimum Gasteiger partial charge on any atom is -0.493 e. The minimum absolute atomic E-state index is 0.00918. The SMILES string of the molecule is COc1cc(-c2noc(COC(=O)CNC(=O)c3ccc(N)cc3)n2)ccc1OC(F)F. The number of methoxy groups -OCH3 is 1. The van der Waals surface area contributed by atoms with E-state index in [2.05, 4.69) is 20.2 Å². The molecule has 0 fully saturated rings. The maximum Gasteiger partial charge on any atom is 0.387 e. The van der Waals surface area contributed by atoms with Gasteiger partial charge >= 0.3 is 12.6 Å². The van der Waals surface area contributed by atoms with Crippen LogP contribution in [0.5, 0.6) is 11.5 Å². The first-order chi connectivity index (χ1) is 15.4. The third kappa shape index (κ3) is 5.90. The summed E-state index contributed by atoms with van der Waals surface area (Å²) in [5.74, 6) is -1.17. The van der Waals surface area contributed by atoms with Gasteiger partial charge in [-0.05, 0) is 42.5 Å². The van der Waals surface area contributed by atoms with Crippen LogP contribution >= 0.6 is 0 Å². The fraction of sp³-hybridized carbons (Fsp3) is 0.200. The molecule has 0 aliphatic carbocycles. The third-order valence-corrected chi connectivity index (χ3v) is 4.03. The first kappa shape index (κ1) is 22.5. The predicted molar refractivity (Wildman–Crippen MR) is 106 cm³/mol. The number of hydrogen-bond acceptors (Lipinski definition) is 9. The van der Waals surface area contributed by atoms with Gasteiger partial charge in [0.2, 0.25) is 5.82 Å². The number of nitrogens with one attached hydrogen (secondary N) is 1. The van der Waals surface area contributed by atoms with Gasteiger partial charge in [0, 0.05) is 16.8 Å². The Kier molecular flexibility index (Phi) is 7.16. The third-order valence-electron chi connectivity index (χ3n) is 4.03. The maximum atomic E-state index is 12.4. The fourth-order valence-electron chi connectivity index (χ4n) is 2.51. The topological polar surface area (TPSA) is 139 Å². The lowest BCUT2D eigenvalue weighted by molar-refractivity contribution is -0.144. The number of amides is 1. The summed E-state index contributed by atoms with van der Waals surface area (Å²) in [6.07, 6.45) is 0. The Morgan fingerprint density at radius 1 is 1.16 bits per heavy atom. The number of alkyl halides is 2. The van der Waals surface area contributed by atoms with Gasteiger partial charge in [-0.2, -0.15) is 13.8 Å². The van der Waals surface area contributed by atoms with Gasteiger partial charge in [0.05, 0.1) is 7.11 Å². The van der Waals surface area contributed by atoms with E-state index >= 15 is 0 Å². The summed E-state index contributed by atoms with van der Waals surface area (Å²) >= 11 is 0. The minimum atomic E-state index is -3.00. The Balaban J connectivity index is 1.53. The monoisotopic (exact) mass is 448 g/mol. The van der Waals surface area contributed by atoms with Crippen LogP contribution in [0.1, 0.15) is 16.2 Å². The molecular weight excluding hydrogens is 430 g/mol. The van der Waals surface area contributed by atoms with Crippen LogP contribution in [0.4, 0.5) is 14.5 Å². The largest absolute Gasteiger partial charge is 0.493 e. The molecule has 12 heteroatoms. The van der Waals surface area contributed by atoms with Crippen molar-refractivity contribution in [1.29, 1.82) is 0 Å². The van der Waals surface area contributed by atoms with Crippen LogP contribution in [-0.4, -0.2) is 42.3 Å². The molecule has 0 spiro atoms. The summed E-state index contributed by atoms with van der Waals surface area (Å²) in [5, 5.41) is 6.17. The van der Waals surface area contributed by atoms with E-state index < -0.39 is 18.5 Å². The van der Waals surface area contributed by atoms with Crippen molar-refractivity contribution in [3.8, 4) is 22.9 Å². The van der Waals surface area contributed by atoms with Gasteiger partial charge < -0.3 is 29.8 Å². The zero-order valence-electron chi connectivity index (χ0n) is 16.7. The summed E-state index contributed by atoms with van der Waals surface area (Å²) in [4.78, 5) is 27.9. The number of benzene rings is 2. The molecule has 0 aliphatic rings. The van der Waals surface area contributed by atoms with Gasteiger partial charge in [0.25, 0.3) is 11.8 Å². The Bertz CT molecular complexity index is 1090. The molecule has 3 N–H and O–H groups in total. The number of hydrogen-bond donors (Lipinski definition) is 2. The molecule has 2 aromatic carbocycles. The van der Waals surface area contributed by atoms with Gasteiger partial charge in [-0.1, -0.05) is 5.16 Å². The molecule has 0 unspecified atom stereocenters. The average Bonchev–Trinajstić information content (AvgIpc) is 3.25. The van der Waals surface area contributed by atoms with E-state index in [4.69, 9.17) is 19.7 Å². The van der Waals surface area contributed by atoms with Crippen LogP contribution < -0.4 is 20.5 Å². The second kappa shape index (κ2) is 10.2. The average molecular weight is 448 g/mol.